The van der Waals surface area contributed by atoms with Crippen molar-refractivity contribution in [3.63, 3.8) is 0 Å². The zero-order valence-electron chi connectivity index (χ0n) is 13.1. The SMILES string of the molecule is CC(C)(C)C(=O)NCCC(=O)NCC(O)c1ccc(F)cc1. The molecule has 0 spiro atoms. The van der Waals surface area contributed by atoms with Crippen LogP contribution in [0.2, 0.25) is 0 Å². The topological polar surface area (TPSA) is 78.4 Å². The third kappa shape index (κ3) is 6.22. The molecule has 0 saturated heterocycles. The maximum atomic E-state index is 12.8. The molecule has 0 radical (unpaired) electrons. The fourth-order valence-corrected chi connectivity index (χ4v) is 1.66. The second-order valence-corrected chi connectivity index (χ2v) is 6.13. The zero-order valence-corrected chi connectivity index (χ0v) is 13.1. The van der Waals surface area contributed by atoms with Crippen molar-refractivity contribution in [3.8, 4) is 0 Å². The zero-order chi connectivity index (χ0) is 16.8. The summed E-state index contributed by atoms with van der Waals surface area (Å²) >= 11 is 0. The van der Waals surface area contributed by atoms with Gasteiger partial charge in [-0.15, -0.1) is 0 Å². The van der Waals surface area contributed by atoms with Crippen LogP contribution < -0.4 is 10.6 Å². The molecule has 0 aliphatic heterocycles. The van der Waals surface area contributed by atoms with Crippen molar-refractivity contribution in [2.75, 3.05) is 13.1 Å². The second kappa shape index (κ2) is 7.89. The van der Waals surface area contributed by atoms with E-state index in [2.05, 4.69) is 10.6 Å². The first-order valence-electron chi connectivity index (χ1n) is 7.18. The van der Waals surface area contributed by atoms with Crippen molar-refractivity contribution < 1.29 is 19.1 Å². The Labute approximate surface area is 129 Å². The van der Waals surface area contributed by atoms with E-state index in [-0.39, 0.29) is 37.1 Å². The van der Waals surface area contributed by atoms with Gasteiger partial charge in [-0.3, -0.25) is 9.59 Å². The lowest BCUT2D eigenvalue weighted by atomic mass is 9.96. The number of rotatable bonds is 6. The van der Waals surface area contributed by atoms with Gasteiger partial charge in [-0.05, 0) is 17.7 Å². The number of aliphatic hydroxyl groups is 1. The van der Waals surface area contributed by atoms with Gasteiger partial charge in [0.2, 0.25) is 11.8 Å². The van der Waals surface area contributed by atoms with Crippen LogP contribution in [0.1, 0.15) is 38.9 Å². The van der Waals surface area contributed by atoms with Gasteiger partial charge in [0, 0.05) is 24.9 Å². The lowest BCUT2D eigenvalue weighted by molar-refractivity contribution is -0.128. The molecule has 1 aromatic rings. The number of amides is 2. The lowest BCUT2D eigenvalue weighted by Crippen LogP contribution is -2.37. The van der Waals surface area contributed by atoms with E-state index in [1.165, 1.54) is 24.3 Å². The highest BCUT2D eigenvalue weighted by Gasteiger charge is 2.20. The molecular formula is C16H23FN2O3. The molecule has 5 nitrogen and oxygen atoms in total. The lowest BCUT2D eigenvalue weighted by Gasteiger charge is -2.17. The van der Waals surface area contributed by atoms with Crippen LogP contribution in [0.4, 0.5) is 4.39 Å². The Hall–Kier alpha value is -1.95. The molecule has 22 heavy (non-hydrogen) atoms. The molecule has 1 rings (SSSR count). The van der Waals surface area contributed by atoms with E-state index < -0.39 is 11.5 Å². The van der Waals surface area contributed by atoms with Crippen molar-refractivity contribution in [1.82, 2.24) is 10.6 Å². The maximum absolute atomic E-state index is 12.8. The molecule has 0 aliphatic rings. The highest BCUT2D eigenvalue weighted by Crippen LogP contribution is 2.13. The Morgan fingerprint density at radius 1 is 1.18 bits per heavy atom. The van der Waals surface area contributed by atoms with Gasteiger partial charge in [-0.1, -0.05) is 32.9 Å². The summed E-state index contributed by atoms with van der Waals surface area (Å²) < 4.78 is 12.8. The normalized spacial score (nSPS) is 12.6. The van der Waals surface area contributed by atoms with Gasteiger partial charge in [0.1, 0.15) is 5.82 Å². The minimum Gasteiger partial charge on any atom is -0.387 e. The minimum atomic E-state index is -0.895. The average molecular weight is 310 g/mol. The van der Waals surface area contributed by atoms with Gasteiger partial charge >= 0.3 is 0 Å². The molecule has 6 heteroatoms. The van der Waals surface area contributed by atoms with Crippen LogP contribution in [-0.2, 0) is 9.59 Å². The molecule has 2 amide bonds. The van der Waals surface area contributed by atoms with Crippen LogP contribution in [0, 0.1) is 11.2 Å². The monoisotopic (exact) mass is 310 g/mol. The first-order valence-corrected chi connectivity index (χ1v) is 7.18. The van der Waals surface area contributed by atoms with Crippen molar-refractivity contribution in [1.29, 1.82) is 0 Å². The van der Waals surface area contributed by atoms with Gasteiger partial charge in [-0.2, -0.15) is 0 Å². The third-order valence-electron chi connectivity index (χ3n) is 3.07. The molecule has 0 bridgehead atoms. The van der Waals surface area contributed by atoms with Crippen LogP contribution in [0.15, 0.2) is 24.3 Å². The van der Waals surface area contributed by atoms with Crippen LogP contribution in [-0.4, -0.2) is 30.0 Å². The Bertz CT molecular complexity index is 509. The molecule has 3 N–H and O–H groups in total. The van der Waals surface area contributed by atoms with E-state index in [1.54, 1.807) is 20.8 Å². The second-order valence-electron chi connectivity index (χ2n) is 6.13. The van der Waals surface area contributed by atoms with Crippen LogP contribution in [0.5, 0.6) is 0 Å². The molecule has 1 aromatic carbocycles. The number of hydrogen-bond donors (Lipinski definition) is 3. The van der Waals surface area contributed by atoms with Crippen molar-refractivity contribution in [3.05, 3.63) is 35.6 Å². The number of nitrogens with one attached hydrogen (secondary N) is 2. The highest BCUT2D eigenvalue weighted by molar-refractivity contribution is 5.82. The fraction of sp³-hybridized carbons (Fsp3) is 0.500. The smallest absolute Gasteiger partial charge is 0.225 e. The van der Waals surface area contributed by atoms with Gasteiger partial charge in [-0.25, -0.2) is 4.39 Å². The van der Waals surface area contributed by atoms with Crippen molar-refractivity contribution in [2.24, 2.45) is 5.41 Å². The molecule has 0 aromatic heterocycles. The Kier molecular flexibility index (Phi) is 6.49. The number of halogens is 1. The summed E-state index contributed by atoms with van der Waals surface area (Å²) in [4.78, 5) is 23.2. The Balaban J connectivity index is 2.28. The summed E-state index contributed by atoms with van der Waals surface area (Å²) in [6.45, 7) is 5.66. The molecule has 0 saturated carbocycles. The summed E-state index contributed by atoms with van der Waals surface area (Å²) in [6, 6.07) is 5.44. The predicted octanol–water partition coefficient (Wildman–Crippen LogP) is 1.53. The van der Waals surface area contributed by atoms with Gasteiger partial charge in [0.15, 0.2) is 0 Å². The molecule has 1 atom stereocenters. The predicted molar refractivity (Wildman–Crippen MR) is 81.5 cm³/mol. The number of aliphatic hydroxyl groups excluding tert-OH is 1. The van der Waals surface area contributed by atoms with E-state index in [9.17, 15) is 19.1 Å². The van der Waals surface area contributed by atoms with Gasteiger partial charge in [0.25, 0.3) is 0 Å². The summed E-state index contributed by atoms with van der Waals surface area (Å²) in [5.41, 5.74) is 0.0395. The van der Waals surface area contributed by atoms with Crippen molar-refractivity contribution in [2.45, 2.75) is 33.3 Å². The van der Waals surface area contributed by atoms with Crippen LogP contribution in [0.3, 0.4) is 0 Å². The largest absolute Gasteiger partial charge is 0.387 e. The van der Waals surface area contributed by atoms with E-state index in [1.807, 2.05) is 0 Å². The van der Waals surface area contributed by atoms with Gasteiger partial charge < -0.3 is 15.7 Å². The van der Waals surface area contributed by atoms with Crippen LogP contribution >= 0.6 is 0 Å². The number of benzene rings is 1. The molecular weight excluding hydrogens is 287 g/mol. The van der Waals surface area contributed by atoms with Crippen molar-refractivity contribution >= 4 is 11.8 Å². The fourth-order valence-electron chi connectivity index (χ4n) is 1.66. The Morgan fingerprint density at radius 3 is 2.32 bits per heavy atom. The first-order chi connectivity index (χ1) is 10.2. The molecule has 0 fully saturated rings. The highest BCUT2D eigenvalue weighted by atomic mass is 19.1. The number of hydrogen-bond acceptors (Lipinski definition) is 3. The standard InChI is InChI=1S/C16H23FN2O3/c1-16(2,3)15(22)18-9-8-14(21)19-10-13(20)11-4-6-12(17)7-5-11/h4-7,13,20H,8-10H2,1-3H3,(H,18,22)(H,19,21). The van der Waals surface area contributed by atoms with E-state index >= 15 is 0 Å². The number of carbonyl (C=O) groups excluding carboxylic acids is 2. The molecule has 1 unspecified atom stereocenters. The van der Waals surface area contributed by atoms with Gasteiger partial charge in [0.05, 0.1) is 6.10 Å². The average Bonchev–Trinajstić information content (AvgIpc) is 2.44. The molecule has 0 aliphatic carbocycles. The Morgan fingerprint density at radius 2 is 1.77 bits per heavy atom. The summed E-state index contributed by atoms with van der Waals surface area (Å²) in [7, 11) is 0. The quantitative estimate of drug-likeness (QED) is 0.745. The van der Waals surface area contributed by atoms with E-state index in [4.69, 9.17) is 0 Å². The summed E-state index contributed by atoms with van der Waals surface area (Å²) in [5.74, 6) is -0.767. The maximum Gasteiger partial charge on any atom is 0.225 e. The van der Waals surface area contributed by atoms with Crippen LogP contribution in [0.25, 0.3) is 0 Å². The minimum absolute atomic E-state index is 0.0394. The van der Waals surface area contributed by atoms with E-state index in [0.717, 1.165) is 0 Å². The summed E-state index contributed by atoms with van der Waals surface area (Å²) in [6.07, 6.45) is -0.758. The molecule has 0 heterocycles. The molecule has 122 valence electrons. The number of carbonyl (C=O) groups is 2. The first kappa shape index (κ1) is 18.1. The third-order valence-corrected chi connectivity index (χ3v) is 3.07. The van der Waals surface area contributed by atoms with E-state index in [0.29, 0.717) is 5.56 Å². The summed E-state index contributed by atoms with van der Waals surface area (Å²) in [5, 5.41) is 15.1.